The van der Waals surface area contributed by atoms with E-state index in [1.54, 1.807) is 18.8 Å². The van der Waals surface area contributed by atoms with Crippen molar-refractivity contribution in [2.45, 2.75) is 30.7 Å². The Morgan fingerprint density at radius 3 is 2.39 bits per heavy atom. The summed E-state index contributed by atoms with van der Waals surface area (Å²) in [6, 6.07) is 8.45. The molecule has 1 amide bonds. The summed E-state index contributed by atoms with van der Waals surface area (Å²) in [5.41, 5.74) is 0.735. The topological polar surface area (TPSA) is 41.1 Å². The number of likely N-dealkylation sites (N-methyl/N-ethyl adjacent to an activating group) is 1. The van der Waals surface area contributed by atoms with Crippen molar-refractivity contribution in [3.63, 3.8) is 0 Å². The monoisotopic (exact) mass is 266 g/mol. The molecule has 0 aliphatic carbocycles. The minimum Gasteiger partial charge on any atom is -0.354 e. The lowest BCUT2D eigenvalue weighted by atomic mass is 10.1. The number of benzene rings is 1. The van der Waals surface area contributed by atoms with E-state index in [4.69, 9.17) is 0 Å². The molecule has 3 nitrogen and oxygen atoms in total. The highest BCUT2D eigenvalue weighted by atomic mass is 32.2. The van der Waals surface area contributed by atoms with Gasteiger partial charge in [0, 0.05) is 11.4 Å². The largest absolute Gasteiger partial charge is 0.354 e. The maximum atomic E-state index is 11.8. The minimum absolute atomic E-state index is 0.0331. The van der Waals surface area contributed by atoms with Crippen LogP contribution in [0.4, 0.5) is 0 Å². The molecule has 0 aromatic heterocycles. The zero-order valence-electron chi connectivity index (χ0n) is 11.5. The summed E-state index contributed by atoms with van der Waals surface area (Å²) in [6.07, 6.45) is 2.93. The van der Waals surface area contributed by atoms with E-state index < -0.39 is 5.54 Å². The van der Waals surface area contributed by atoms with Crippen LogP contribution in [0.25, 0.3) is 0 Å². The number of rotatable bonds is 6. The summed E-state index contributed by atoms with van der Waals surface area (Å²) < 4.78 is 0. The Morgan fingerprint density at radius 1 is 1.28 bits per heavy atom. The summed E-state index contributed by atoms with van der Waals surface area (Å²) in [5.74, 6) is 0.0331. The van der Waals surface area contributed by atoms with Gasteiger partial charge in [-0.1, -0.05) is 12.1 Å². The van der Waals surface area contributed by atoms with E-state index in [2.05, 4.69) is 41.2 Å². The summed E-state index contributed by atoms with van der Waals surface area (Å²) in [5, 5.41) is 5.93. The van der Waals surface area contributed by atoms with Crippen LogP contribution in [0.3, 0.4) is 0 Å². The van der Waals surface area contributed by atoms with Crippen LogP contribution in [0.1, 0.15) is 19.4 Å². The standard InChI is InChI=1S/C14H22N2OS/c1-14(2,15-3)13(17)16-10-9-11-5-7-12(18-4)8-6-11/h5-8,15H,9-10H2,1-4H3,(H,16,17). The number of thioether (sulfide) groups is 1. The third-order valence-corrected chi connectivity index (χ3v) is 3.79. The van der Waals surface area contributed by atoms with Gasteiger partial charge in [0.1, 0.15) is 0 Å². The molecule has 1 rings (SSSR count). The molecule has 0 heterocycles. The van der Waals surface area contributed by atoms with Crippen molar-refractivity contribution >= 4 is 17.7 Å². The van der Waals surface area contributed by atoms with Crippen LogP contribution in [-0.4, -0.2) is 31.3 Å². The molecular weight excluding hydrogens is 244 g/mol. The van der Waals surface area contributed by atoms with Crippen LogP contribution < -0.4 is 10.6 Å². The van der Waals surface area contributed by atoms with Crippen LogP contribution in [0.2, 0.25) is 0 Å². The maximum Gasteiger partial charge on any atom is 0.239 e. The average Bonchev–Trinajstić information content (AvgIpc) is 2.39. The second-order valence-corrected chi connectivity index (χ2v) is 5.61. The van der Waals surface area contributed by atoms with Crippen molar-refractivity contribution in [2.24, 2.45) is 0 Å². The highest BCUT2D eigenvalue weighted by Crippen LogP contribution is 2.14. The lowest BCUT2D eigenvalue weighted by Gasteiger charge is -2.22. The fourth-order valence-corrected chi connectivity index (χ4v) is 1.86. The van der Waals surface area contributed by atoms with E-state index in [0.29, 0.717) is 6.54 Å². The van der Waals surface area contributed by atoms with Crippen LogP contribution in [0.5, 0.6) is 0 Å². The summed E-state index contributed by atoms with van der Waals surface area (Å²) in [7, 11) is 1.79. The van der Waals surface area contributed by atoms with Crippen LogP contribution >= 0.6 is 11.8 Å². The number of hydrogen-bond acceptors (Lipinski definition) is 3. The molecule has 0 atom stereocenters. The zero-order chi connectivity index (χ0) is 13.6. The van der Waals surface area contributed by atoms with Gasteiger partial charge in [-0.15, -0.1) is 11.8 Å². The first-order valence-corrected chi connectivity index (χ1v) is 7.32. The third kappa shape index (κ3) is 4.35. The SMILES string of the molecule is CNC(C)(C)C(=O)NCCc1ccc(SC)cc1. The Hall–Kier alpha value is -1.00. The van der Waals surface area contributed by atoms with Crippen molar-refractivity contribution in [3.8, 4) is 0 Å². The quantitative estimate of drug-likeness (QED) is 0.775. The van der Waals surface area contributed by atoms with E-state index in [-0.39, 0.29) is 5.91 Å². The second kappa shape index (κ2) is 6.81. The van der Waals surface area contributed by atoms with Gasteiger partial charge in [0.2, 0.25) is 5.91 Å². The number of nitrogens with one attached hydrogen (secondary N) is 2. The van der Waals surface area contributed by atoms with Crippen molar-refractivity contribution in [1.82, 2.24) is 10.6 Å². The molecule has 0 bridgehead atoms. The first-order valence-electron chi connectivity index (χ1n) is 6.09. The molecule has 18 heavy (non-hydrogen) atoms. The molecule has 4 heteroatoms. The summed E-state index contributed by atoms with van der Waals surface area (Å²) >= 11 is 1.73. The maximum absolute atomic E-state index is 11.8. The molecule has 0 saturated heterocycles. The highest BCUT2D eigenvalue weighted by molar-refractivity contribution is 7.98. The van der Waals surface area contributed by atoms with Crippen LogP contribution in [0.15, 0.2) is 29.2 Å². The predicted octanol–water partition coefficient (Wildman–Crippen LogP) is 2.07. The Labute approximate surface area is 114 Å². The Bertz CT molecular complexity index is 387. The number of carbonyl (C=O) groups is 1. The molecule has 2 N–H and O–H groups in total. The molecule has 0 aliphatic rings. The molecule has 0 fully saturated rings. The van der Waals surface area contributed by atoms with E-state index in [0.717, 1.165) is 6.42 Å². The van der Waals surface area contributed by atoms with E-state index >= 15 is 0 Å². The van der Waals surface area contributed by atoms with Gasteiger partial charge in [-0.3, -0.25) is 4.79 Å². The van der Waals surface area contributed by atoms with Gasteiger partial charge in [-0.05, 0) is 51.3 Å². The van der Waals surface area contributed by atoms with Crippen molar-refractivity contribution in [1.29, 1.82) is 0 Å². The molecule has 1 aromatic rings. The molecule has 0 radical (unpaired) electrons. The molecule has 0 unspecified atom stereocenters. The van der Waals surface area contributed by atoms with E-state index in [1.807, 2.05) is 13.8 Å². The minimum atomic E-state index is -0.511. The predicted molar refractivity (Wildman–Crippen MR) is 78.1 cm³/mol. The first kappa shape index (κ1) is 15.1. The molecule has 0 aliphatic heterocycles. The Kier molecular flexibility index (Phi) is 5.69. The molecule has 1 aromatic carbocycles. The Morgan fingerprint density at radius 2 is 1.89 bits per heavy atom. The van der Waals surface area contributed by atoms with Gasteiger partial charge in [-0.2, -0.15) is 0 Å². The molecular formula is C14H22N2OS. The normalized spacial score (nSPS) is 11.3. The smallest absolute Gasteiger partial charge is 0.239 e. The lowest BCUT2D eigenvalue weighted by molar-refractivity contribution is -0.126. The van der Waals surface area contributed by atoms with Gasteiger partial charge in [0.25, 0.3) is 0 Å². The van der Waals surface area contributed by atoms with Crippen LogP contribution in [0, 0.1) is 0 Å². The van der Waals surface area contributed by atoms with E-state index in [1.165, 1.54) is 10.5 Å². The van der Waals surface area contributed by atoms with Crippen molar-refractivity contribution in [2.75, 3.05) is 19.8 Å². The fourth-order valence-electron chi connectivity index (χ4n) is 1.45. The first-order chi connectivity index (χ1) is 8.49. The number of carbonyl (C=O) groups excluding carboxylic acids is 1. The Balaban J connectivity index is 2.39. The third-order valence-electron chi connectivity index (χ3n) is 3.05. The van der Waals surface area contributed by atoms with Gasteiger partial charge >= 0.3 is 0 Å². The number of amides is 1. The van der Waals surface area contributed by atoms with Crippen molar-refractivity contribution < 1.29 is 4.79 Å². The molecule has 0 saturated carbocycles. The van der Waals surface area contributed by atoms with Crippen molar-refractivity contribution in [3.05, 3.63) is 29.8 Å². The molecule has 0 spiro atoms. The van der Waals surface area contributed by atoms with E-state index in [9.17, 15) is 4.79 Å². The summed E-state index contributed by atoms with van der Waals surface area (Å²) in [6.45, 7) is 4.41. The summed E-state index contributed by atoms with van der Waals surface area (Å²) in [4.78, 5) is 13.1. The number of hydrogen-bond donors (Lipinski definition) is 2. The van der Waals surface area contributed by atoms with Gasteiger partial charge < -0.3 is 10.6 Å². The van der Waals surface area contributed by atoms with Gasteiger partial charge in [-0.25, -0.2) is 0 Å². The average molecular weight is 266 g/mol. The van der Waals surface area contributed by atoms with Crippen LogP contribution in [-0.2, 0) is 11.2 Å². The highest BCUT2D eigenvalue weighted by Gasteiger charge is 2.24. The zero-order valence-corrected chi connectivity index (χ0v) is 12.4. The van der Waals surface area contributed by atoms with Gasteiger partial charge in [0.05, 0.1) is 5.54 Å². The lowest BCUT2D eigenvalue weighted by Crippen LogP contribution is -2.51. The fraction of sp³-hybridized carbons (Fsp3) is 0.500. The second-order valence-electron chi connectivity index (χ2n) is 4.73. The molecule has 100 valence electrons. The van der Waals surface area contributed by atoms with Gasteiger partial charge in [0.15, 0.2) is 0 Å².